The molecule has 0 bridgehead atoms. The van der Waals surface area contributed by atoms with Gasteiger partial charge in [0.25, 0.3) is 5.56 Å². The fourth-order valence-electron chi connectivity index (χ4n) is 2.31. The number of anilines is 1. The van der Waals surface area contributed by atoms with E-state index >= 15 is 0 Å². The van der Waals surface area contributed by atoms with Gasteiger partial charge >= 0.3 is 6.18 Å². The predicted octanol–water partition coefficient (Wildman–Crippen LogP) is 3.60. The molecule has 1 heterocycles. The Bertz CT molecular complexity index is 844. The van der Waals surface area contributed by atoms with Crippen LogP contribution >= 0.6 is 0 Å². The standard InChI is InChI=1S/C18H19F3N2O3/c1-3-9-26-13-6-7-15(12(2)10-13)22-16(24)11-23-8-4-5-14(17(23)25)18(19,20)21/h4-8,10H,3,9,11H2,1-2H3,(H,22,24). The first-order valence-corrected chi connectivity index (χ1v) is 8.02. The molecule has 1 aromatic carbocycles. The molecule has 140 valence electrons. The van der Waals surface area contributed by atoms with Crippen LogP contribution in [-0.2, 0) is 17.5 Å². The number of aryl methyl sites for hydroxylation is 1. The van der Waals surface area contributed by atoms with Crippen LogP contribution in [0.1, 0.15) is 24.5 Å². The number of alkyl halides is 3. The number of hydrogen-bond acceptors (Lipinski definition) is 3. The van der Waals surface area contributed by atoms with Crippen LogP contribution in [0.4, 0.5) is 18.9 Å². The predicted molar refractivity (Wildman–Crippen MR) is 91.3 cm³/mol. The Labute approximate surface area is 148 Å². The van der Waals surface area contributed by atoms with Crippen molar-refractivity contribution < 1.29 is 22.7 Å². The molecule has 0 aliphatic carbocycles. The Morgan fingerprint density at radius 1 is 1.27 bits per heavy atom. The highest BCUT2D eigenvalue weighted by Crippen LogP contribution is 2.26. The largest absolute Gasteiger partial charge is 0.494 e. The monoisotopic (exact) mass is 368 g/mol. The molecule has 0 saturated carbocycles. The maximum atomic E-state index is 12.8. The molecular formula is C18H19F3N2O3. The van der Waals surface area contributed by atoms with Gasteiger partial charge in [-0.2, -0.15) is 13.2 Å². The Morgan fingerprint density at radius 2 is 2.00 bits per heavy atom. The lowest BCUT2D eigenvalue weighted by molar-refractivity contribution is -0.139. The lowest BCUT2D eigenvalue weighted by atomic mass is 10.2. The van der Waals surface area contributed by atoms with Crippen LogP contribution in [0.2, 0.25) is 0 Å². The van der Waals surface area contributed by atoms with E-state index in [0.717, 1.165) is 28.8 Å². The number of carbonyl (C=O) groups is 1. The van der Waals surface area contributed by atoms with Crippen LogP contribution < -0.4 is 15.6 Å². The molecule has 0 saturated heterocycles. The second kappa shape index (κ2) is 8.07. The average molecular weight is 368 g/mol. The molecule has 2 aromatic rings. The maximum absolute atomic E-state index is 12.8. The molecule has 0 radical (unpaired) electrons. The van der Waals surface area contributed by atoms with E-state index in [-0.39, 0.29) is 0 Å². The summed E-state index contributed by atoms with van der Waals surface area (Å²) in [5.41, 5.74) is -1.32. The van der Waals surface area contributed by atoms with Gasteiger partial charge in [-0.1, -0.05) is 6.92 Å². The van der Waals surface area contributed by atoms with Crippen LogP contribution in [0.5, 0.6) is 5.75 Å². The first-order chi connectivity index (χ1) is 12.2. The van der Waals surface area contributed by atoms with Gasteiger partial charge in [0.15, 0.2) is 0 Å². The number of amides is 1. The highest BCUT2D eigenvalue weighted by Gasteiger charge is 2.34. The van der Waals surface area contributed by atoms with E-state index in [1.54, 1.807) is 25.1 Å². The molecule has 2 rings (SSSR count). The molecule has 8 heteroatoms. The summed E-state index contributed by atoms with van der Waals surface area (Å²) in [5.74, 6) is 0.0631. The number of aromatic nitrogens is 1. The first-order valence-electron chi connectivity index (χ1n) is 8.02. The van der Waals surface area contributed by atoms with Gasteiger partial charge in [0, 0.05) is 11.9 Å². The van der Waals surface area contributed by atoms with Crippen molar-refractivity contribution in [3.8, 4) is 5.75 Å². The summed E-state index contributed by atoms with van der Waals surface area (Å²) >= 11 is 0. The maximum Gasteiger partial charge on any atom is 0.421 e. The van der Waals surface area contributed by atoms with E-state index < -0.39 is 29.8 Å². The summed E-state index contributed by atoms with van der Waals surface area (Å²) < 4.78 is 44.5. The minimum atomic E-state index is -4.76. The third-order valence-corrected chi connectivity index (χ3v) is 3.58. The SMILES string of the molecule is CCCOc1ccc(NC(=O)Cn2cccc(C(F)(F)F)c2=O)c(C)c1. The van der Waals surface area contributed by atoms with Crippen molar-refractivity contribution in [3.63, 3.8) is 0 Å². The Morgan fingerprint density at radius 3 is 2.62 bits per heavy atom. The van der Waals surface area contributed by atoms with Crippen LogP contribution in [0.15, 0.2) is 41.3 Å². The van der Waals surface area contributed by atoms with E-state index in [0.29, 0.717) is 24.1 Å². The number of hydrogen-bond donors (Lipinski definition) is 1. The number of rotatable bonds is 6. The van der Waals surface area contributed by atoms with E-state index in [9.17, 15) is 22.8 Å². The van der Waals surface area contributed by atoms with Gasteiger partial charge in [0.1, 0.15) is 17.9 Å². The third kappa shape index (κ3) is 4.87. The van der Waals surface area contributed by atoms with Crippen LogP contribution in [0.3, 0.4) is 0 Å². The number of nitrogens with zero attached hydrogens (tertiary/aromatic N) is 1. The summed E-state index contributed by atoms with van der Waals surface area (Å²) in [6, 6.07) is 6.86. The van der Waals surface area contributed by atoms with Gasteiger partial charge in [0.2, 0.25) is 5.91 Å². The molecule has 0 unspecified atom stereocenters. The number of nitrogens with one attached hydrogen (secondary N) is 1. The molecule has 26 heavy (non-hydrogen) atoms. The molecule has 0 spiro atoms. The summed E-state index contributed by atoms with van der Waals surface area (Å²) in [7, 11) is 0. The van der Waals surface area contributed by atoms with Crippen molar-refractivity contribution in [2.45, 2.75) is 33.0 Å². The van der Waals surface area contributed by atoms with Crippen LogP contribution in [0.25, 0.3) is 0 Å². The van der Waals surface area contributed by atoms with Crippen LogP contribution in [-0.4, -0.2) is 17.1 Å². The van der Waals surface area contributed by atoms with E-state index in [1.807, 2.05) is 6.92 Å². The van der Waals surface area contributed by atoms with Crippen molar-refractivity contribution in [2.24, 2.45) is 0 Å². The summed E-state index contributed by atoms with van der Waals surface area (Å²) in [4.78, 5) is 24.0. The number of benzene rings is 1. The van der Waals surface area contributed by atoms with Gasteiger partial charge in [-0.3, -0.25) is 9.59 Å². The minimum Gasteiger partial charge on any atom is -0.494 e. The Kier molecular flexibility index (Phi) is 6.07. The van der Waals surface area contributed by atoms with Crippen molar-refractivity contribution in [3.05, 3.63) is 58.0 Å². The third-order valence-electron chi connectivity index (χ3n) is 3.58. The molecule has 1 aromatic heterocycles. The van der Waals surface area contributed by atoms with Crippen molar-refractivity contribution >= 4 is 11.6 Å². The summed E-state index contributed by atoms with van der Waals surface area (Å²) in [6.45, 7) is 3.81. The fourth-order valence-corrected chi connectivity index (χ4v) is 2.31. The first kappa shape index (κ1) is 19.6. The zero-order valence-corrected chi connectivity index (χ0v) is 14.4. The zero-order valence-electron chi connectivity index (χ0n) is 14.4. The molecule has 0 atom stereocenters. The number of carbonyl (C=O) groups excluding carboxylic acids is 1. The molecule has 0 aliphatic heterocycles. The molecule has 1 N–H and O–H groups in total. The zero-order chi connectivity index (χ0) is 19.3. The number of ether oxygens (including phenoxy) is 1. The van der Waals surface area contributed by atoms with Gasteiger partial charge in [-0.25, -0.2) is 0 Å². The Balaban J connectivity index is 2.11. The lowest BCUT2D eigenvalue weighted by Gasteiger charge is -2.13. The highest BCUT2D eigenvalue weighted by atomic mass is 19.4. The van der Waals surface area contributed by atoms with E-state index in [2.05, 4.69) is 5.32 Å². The molecule has 0 aliphatic rings. The smallest absolute Gasteiger partial charge is 0.421 e. The number of pyridine rings is 1. The quantitative estimate of drug-likeness (QED) is 0.848. The molecule has 0 fully saturated rings. The molecule has 1 amide bonds. The van der Waals surface area contributed by atoms with Crippen molar-refractivity contribution in [2.75, 3.05) is 11.9 Å². The average Bonchev–Trinajstić information content (AvgIpc) is 2.56. The van der Waals surface area contributed by atoms with Crippen molar-refractivity contribution in [1.82, 2.24) is 4.57 Å². The summed E-state index contributed by atoms with van der Waals surface area (Å²) in [5, 5.41) is 2.59. The van der Waals surface area contributed by atoms with Gasteiger partial charge in [-0.05, 0) is 49.2 Å². The van der Waals surface area contributed by atoms with Crippen LogP contribution in [0, 0.1) is 6.92 Å². The lowest BCUT2D eigenvalue weighted by Crippen LogP contribution is -2.32. The molecular weight excluding hydrogens is 349 g/mol. The van der Waals surface area contributed by atoms with E-state index in [4.69, 9.17) is 4.74 Å². The normalized spacial score (nSPS) is 11.3. The molecule has 5 nitrogen and oxygen atoms in total. The van der Waals surface area contributed by atoms with Gasteiger partial charge < -0.3 is 14.6 Å². The Hall–Kier alpha value is -2.77. The fraction of sp³-hybridized carbons (Fsp3) is 0.333. The van der Waals surface area contributed by atoms with Crippen molar-refractivity contribution in [1.29, 1.82) is 0 Å². The minimum absolute atomic E-state index is 0.499. The second-order valence-electron chi connectivity index (χ2n) is 5.73. The number of halogens is 3. The highest BCUT2D eigenvalue weighted by molar-refractivity contribution is 5.91. The summed E-state index contributed by atoms with van der Waals surface area (Å²) in [6.07, 6.45) is -2.75. The van der Waals surface area contributed by atoms with E-state index in [1.165, 1.54) is 0 Å². The topological polar surface area (TPSA) is 60.3 Å². The van der Waals surface area contributed by atoms with Gasteiger partial charge in [0.05, 0.1) is 6.61 Å². The van der Waals surface area contributed by atoms with Gasteiger partial charge in [-0.15, -0.1) is 0 Å². The second-order valence-corrected chi connectivity index (χ2v) is 5.73.